The van der Waals surface area contributed by atoms with Gasteiger partial charge < -0.3 is 5.32 Å². The molecule has 0 aliphatic carbocycles. The molecule has 0 unspecified atom stereocenters. The number of aromatic nitrogens is 1. The van der Waals surface area contributed by atoms with Crippen molar-refractivity contribution in [1.29, 1.82) is 0 Å². The number of nitrogens with zero attached hydrogens (tertiary/aromatic N) is 1. The minimum atomic E-state index is -0.234. The van der Waals surface area contributed by atoms with Crippen molar-refractivity contribution in [2.45, 2.75) is 0 Å². The molecule has 0 amide bonds. The third-order valence-electron chi connectivity index (χ3n) is 3.01. The van der Waals surface area contributed by atoms with Crippen molar-refractivity contribution >= 4 is 11.4 Å². The number of benzene rings is 2. The van der Waals surface area contributed by atoms with E-state index in [0.29, 0.717) is 0 Å². The zero-order valence-electron chi connectivity index (χ0n) is 10.8. The van der Waals surface area contributed by atoms with Gasteiger partial charge in [0.2, 0.25) is 0 Å². The Bertz CT molecular complexity index is 676. The monoisotopic (exact) mass is 264 g/mol. The van der Waals surface area contributed by atoms with Crippen LogP contribution in [-0.4, -0.2) is 4.98 Å². The Labute approximate surface area is 116 Å². The Balaban J connectivity index is 1.78. The fourth-order valence-corrected chi connectivity index (χ4v) is 1.98. The van der Waals surface area contributed by atoms with Gasteiger partial charge in [-0.15, -0.1) is 0 Å². The smallest absolute Gasteiger partial charge is 0.123 e. The van der Waals surface area contributed by atoms with Crippen molar-refractivity contribution in [2.24, 2.45) is 0 Å². The van der Waals surface area contributed by atoms with Crippen LogP contribution in [0.5, 0.6) is 0 Å². The highest BCUT2D eigenvalue weighted by molar-refractivity contribution is 5.67. The fourth-order valence-electron chi connectivity index (χ4n) is 1.98. The van der Waals surface area contributed by atoms with Gasteiger partial charge in [-0.3, -0.25) is 4.98 Å². The SMILES string of the molecule is Fc1ccc(Nc2ccc(-c3cccnc3)cc2)cc1. The minimum Gasteiger partial charge on any atom is -0.356 e. The van der Waals surface area contributed by atoms with Gasteiger partial charge in [-0.2, -0.15) is 0 Å². The molecule has 0 saturated carbocycles. The lowest BCUT2D eigenvalue weighted by Gasteiger charge is -2.07. The quantitative estimate of drug-likeness (QED) is 0.746. The Kier molecular flexibility index (Phi) is 3.42. The zero-order valence-corrected chi connectivity index (χ0v) is 10.8. The molecule has 1 aromatic heterocycles. The lowest BCUT2D eigenvalue weighted by atomic mass is 10.1. The molecule has 1 N–H and O–H groups in total. The van der Waals surface area contributed by atoms with Crippen LogP contribution in [0.4, 0.5) is 15.8 Å². The highest BCUT2D eigenvalue weighted by atomic mass is 19.1. The molecule has 0 aliphatic rings. The summed E-state index contributed by atoms with van der Waals surface area (Å²) in [5.41, 5.74) is 4.02. The average molecular weight is 264 g/mol. The summed E-state index contributed by atoms with van der Waals surface area (Å²) in [5.74, 6) is -0.234. The van der Waals surface area contributed by atoms with Crippen molar-refractivity contribution in [1.82, 2.24) is 4.98 Å². The second-order valence-corrected chi connectivity index (χ2v) is 4.45. The molecule has 0 fully saturated rings. The molecule has 20 heavy (non-hydrogen) atoms. The largest absolute Gasteiger partial charge is 0.356 e. The van der Waals surface area contributed by atoms with Crippen LogP contribution in [-0.2, 0) is 0 Å². The zero-order chi connectivity index (χ0) is 13.8. The third-order valence-corrected chi connectivity index (χ3v) is 3.01. The Morgan fingerprint density at radius 1 is 0.750 bits per heavy atom. The van der Waals surface area contributed by atoms with Crippen molar-refractivity contribution < 1.29 is 4.39 Å². The maximum Gasteiger partial charge on any atom is 0.123 e. The van der Waals surface area contributed by atoms with Crippen molar-refractivity contribution in [3.05, 3.63) is 78.9 Å². The topological polar surface area (TPSA) is 24.9 Å². The Hall–Kier alpha value is -2.68. The van der Waals surface area contributed by atoms with E-state index in [1.165, 1.54) is 12.1 Å². The summed E-state index contributed by atoms with van der Waals surface area (Å²) >= 11 is 0. The van der Waals surface area contributed by atoms with Crippen LogP contribution in [0.3, 0.4) is 0 Å². The molecule has 0 bridgehead atoms. The summed E-state index contributed by atoms with van der Waals surface area (Å²) < 4.78 is 12.8. The summed E-state index contributed by atoms with van der Waals surface area (Å²) in [6.45, 7) is 0. The van der Waals surface area contributed by atoms with Gasteiger partial charge in [0, 0.05) is 23.8 Å². The molecule has 2 nitrogen and oxygen atoms in total. The predicted molar refractivity (Wildman–Crippen MR) is 79.4 cm³/mol. The summed E-state index contributed by atoms with van der Waals surface area (Å²) in [7, 11) is 0. The number of anilines is 2. The molecule has 3 rings (SSSR count). The molecule has 0 spiro atoms. The number of rotatable bonds is 3. The first-order chi connectivity index (χ1) is 9.81. The maximum atomic E-state index is 12.8. The molecule has 0 atom stereocenters. The number of hydrogen-bond acceptors (Lipinski definition) is 2. The third kappa shape index (κ3) is 2.83. The van der Waals surface area contributed by atoms with E-state index < -0.39 is 0 Å². The van der Waals surface area contributed by atoms with Crippen LogP contribution in [0, 0.1) is 5.82 Å². The van der Waals surface area contributed by atoms with Gasteiger partial charge in [-0.25, -0.2) is 4.39 Å². The molecule has 98 valence electrons. The van der Waals surface area contributed by atoms with Crippen molar-refractivity contribution in [3.8, 4) is 11.1 Å². The first kappa shape index (κ1) is 12.4. The van der Waals surface area contributed by atoms with E-state index in [0.717, 1.165) is 22.5 Å². The Morgan fingerprint density at radius 2 is 1.40 bits per heavy atom. The van der Waals surface area contributed by atoms with Crippen molar-refractivity contribution in [3.63, 3.8) is 0 Å². The van der Waals surface area contributed by atoms with Crippen LogP contribution >= 0.6 is 0 Å². The molecule has 2 aromatic carbocycles. The number of nitrogens with one attached hydrogen (secondary N) is 1. The molecule has 0 radical (unpaired) electrons. The standard InChI is InChI=1S/C17H13FN2/c18-15-5-9-17(10-6-15)20-16-7-3-13(4-8-16)14-2-1-11-19-12-14/h1-12,20H. The molecule has 3 heteroatoms. The van der Waals surface area contributed by atoms with Crippen LogP contribution < -0.4 is 5.32 Å². The lowest BCUT2D eigenvalue weighted by Crippen LogP contribution is -1.90. The van der Waals surface area contributed by atoms with E-state index >= 15 is 0 Å². The number of hydrogen-bond donors (Lipinski definition) is 1. The second kappa shape index (κ2) is 5.53. The summed E-state index contributed by atoms with van der Waals surface area (Å²) in [4.78, 5) is 4.11. The molecule has 3 aromatic rings. The Morgan fingerprint density at radius 3 is 2.00 bits per heavy atom. The molecule has 1 heterocycles. The van der Waals surface area contributed by atoms with E-state index in [1.54, 1.807) is 18.3 Å². The number of pyridine rings is 1. The van der Waals surface area contributed by atoms with Gasteiger partial charge in [0.25, 0.3) is 0 Å². The summed E-state index contributed by atoms with van der Waals surface area (Å²) in [6.07, 6.45) is 3.59. The predicted octanol–water partition coefficient (Wildman–Crippen LogP) is 4.63. The van der Waals surface area contributed by atoms with Crippen LogP contribution in [0.1, 0.15) is 0 Å². The molecular weight excluding hydrogens is 251 g/mol. The highest BCUT2D eigenvalue weighted by Crippen LogP contribution is 2.22. The van der Waals surface area contributed by atoms with E-state index in [1.807, 2.05) is 42.6 Å². The van der Waals surface area contributed by atoms with Gasteiger partial charge >= 0.3 is 0 Å². The first-order valence-electron chi connectivity index (χ1n) is 6.34. The van der Waals surface area contributed by atoms with Gasteiger partial charge in [-0.05, 0) is 53.6 Å². The van der Waals surface area contributed by atoms with Crippen LogP contribution in [0.25, 0.3) is 11.1 Å². The van der Waals surface area contributed by atoms with E-state index in [9.17, 15) is 4.39 Å². The van der Waals surface area contributed by atoms with Gasteiger partial charge in [-0.1, -0.05) is 18.2 Å². The van der Waals surface area contributed by atoms with E-state index in [-0.39, 0.29) is 5.82 Å². The molecule has 0 saturated heterocycles. The van der Waals surface area contributed by atoms with Crippen LogP contribution in [0.2, 0.25) is 0 Å². The fraction of sp³-hybridized carbons (Fsp3) is 0. The summed E-state index contributed by atoms with van der Waals surface area (Å²) in [6, 6.07) is 18.3. The highest BCUT2D eigenvalue weighted by Gasteiger charge is 1.99. The molecule has 0 aliphatic heterocycles. The van der Waals surface area contributed by atoms with E-state index in [4.69, 9.17) is 0 Å². The minimum absolute atomic E-state index is 0.234. The first-order valence-corrected chi connectivity index (χ1v) is 6.34. The van der Waals surface area contributed by atoms with Gasteiger partial charge in [0.1, 0.15) is 5.82 Å². The van der Waals surface area contributed by atoms with E-state index in [2.05, 4.69) is 10.3 Å². The van der Waals surface area contributed by atoms with Gasteiger partial charge in [0.15, 0.2) is 0 Å². The second-order valence-electron chi connectivity index (χ2n) is 4.45. The van der Waals surface area contributed by atoms with Crippen molar-refractivity contribution in [2.75, 3.05) is 5.32 Å². The lowest BCUT2D eigenvalue weighted by molar-refractivity contribution is 0.628. The number of halogens is 1. The normalized spacial score (nSPS) is 10.2. The van der Waals surface area contributed by atoms with Gasteiger partial charge in [0.05, 0.1) is 0 Å². The average Bonchev–Trinajstić information content (AvgIpc) is 2.51. The maximum absolute atomic E-state index is 12.8. The van der Waals surface area contributed by atoms with Crippen LogP contribution in [0.15, 0.2) is 73.1 Å². The summed E-state index contributed by atoms with van der Waals surface area (Å²) in [5, 5.41) is 3.23. The molecular formula is C17H13FN2.